The van der Waals surface area contributed by atoms with Crippen molar-refractivity contribution in [3.05, 3.63) is 12.3 Å². The van der Waals surface area contributed by atoms with Crippen LogP contribution >= 0.6 is 0 Å². The molecule has 1 aliphatic carbocycles. The molecule has 0 aromatic carbocycles. The van der Waals surface area contributed by atoms with Crippen molar-refractivity contribution >= 4 is 0 Å². The van der Waals surface area contributed by atoms with Crippen LogP contribution in [0.2, 0.25) is 0 Å². The Bertz CT molecular complexity index is 101. The number of ether oxygens (including phenoxy) is 1. The quantitative estimate of drug-likeness (QED) is 0.536. The van der Waals surface area contributed by atoms with Gasteiger partial charge in [0.25, 0.3) is 0 Å². The molecule has 0 unspecified atom stereocenters. The molecule has 0 radical (unpaired) electrons. The van der Waals surface area contributed by atoms with Gasteiger partial charge in [0.2, 0.25) is 0 Å². The van der Waals surface area contributed by atoms with Crippen molar-refractivity contribution in [3.63, 3.8) is 0 Å². The summed E-state index contributed by atoms with van der Waals surface area (Å²) < 4.78 is 5.45. The maximum atomic E-state index is 5.45. The van der Waals surface area contributed by atoms with Gasteiger partial charge in [-0.05, 0) is 32.6 Å². The zero-order valence-electron chi connectivity index (χ0n) is 6.68. The molecule has 58 valence electrons. The summed E-state index contributed by atoms with van der Waals surface area (Å²) in [6.07, 6.45) is 10.9. The van der Waals surface area contributed by atoms with E-state index in [0.717, 1.165) is 0 Å². The summed E-state index contributed by atoms with van der Waals surface area (Å²) in [7, 11) is 0. The first kappa shape index (κ1) is 7.64. The van der Waals surface area contributed by atoms with Crippen LogP contribution in [0.4, 0.5) is 0 Å². The maximum absolute atomic E-state index is 5.45. The second-order valence-electron chi connectivity index (χ2n) is 2.87. The standard InChI is InChI=1S/C9H16O/c1-2-8-10-9-6-4-3-5-7-9/h2,8-9H,3-7H2,1H3/b8-2+. The van der Waals surface area contributed by atoms with Crippen LogP contribution in [0.15, 0.2) is 12.3 Å². The summed E-state index contributed by atoms with van der Waals surface area (Å²) in [6, 6.07) is 0. The van der Waals surface area contributed by atoms with Crippen LogP contribution in [0.5, 0.6) is 0 Å². The van der Waals surface area contributed by atoms with Crippen LogP contribution < -0.4 is 0 Å². The van der Waals surface area contributed by atoms with Crippen molar-refractivity contribution in [1.82, 2.24) is 0 Å². The first-order valence-electron chi connectivity index (χ1n) is 4.20. The Morgan fingerprint density at radius 2 is 1.90 bits per heavy atom. The van der Waals surface area contributed by atoms with E-state index in [9.17, 15) is 0 Å². The van der Waals surface area contributed by atoms with Gasteiger partial charge >= 0.3 is 0 Å². The SMILES string of the molecule is C/C=C/OC1CCCCC1. The highest BCUT2D eigenvalue weighted by atomic mass is 16.5. The van der Waals surface area contributed by atoms with Gasteiger partial charge in [-0.25, -0.2) is 0 Å². The van der Waals surface area contributed by atoms with Gasteiger partial charge in [-0.2, -0.15) is 0 Å². The zero-order valence-corrected chi connectivity index (χ0v) is 6.68. The van der Waals surface area contributed by atoms with Crippen molar-refractivity contribution in [2.45, 2.75) is 45.1 Å². The van der Waals surface area contributed by atoms with Gasteiger partial charge in [-0.15, -0.1) is 0 Å². The van der Waals surface area contributed by atoms with Crippen molar-refractivity contribution in [2.24, 2.45) is 0 Å². The van der Waals surface area contributed by atoms with E-state index in [1.165, 1.54) is 32.1 Å². The monoisotopic (exact) mass is 140 g/mol. The molecule has 1 nitrogen and oxygen atoms in total. The molecule has 0 aliphatic heterocycles. The largest absolute Gasteiger partial charge is 0.498 e. The minimum atomic E-state index is 0.518. The van der Waals surface area contributed by atoms with E-state index in [4.69, 9.17) is 4.74 Å². The summed E-state index contributed by atoms with van der Waals surface area (Å²) in [5.41, 5.74) is 0. The topological polar surface area (TPSA) is 9.23 Å². The Morgan fingerprint density at radius 1 is 1.20 bits per heavy atom. The average molecular weight is 140 g/mol. The molecule has 0 aromatic rings. The molecule has 0 aromatic heterocycles. The lowest BCUT2D eigenvalue weighted by Gasteiger charge is -2.20. The van der Waals surface area contributed by atoms with E-state index in [1.807, 2.05) is 19.3 Å². The Morgan fingerprint density at radius 3 is 2.50 bits per heavy atom. The van der Waals surface area contributed by atoms with Gasteiger partial charge in [0.05, 0.1) is 12.4 Å². The van der Waals surface area contributed by atoms with Gasteiger partial charge in [-0.3, -0.25) is 0 Å². The highest BCUT2D eigenvalue weighted by Gasteiger charge is 2.11. The van der Waals surface area contributed by atoms with E-state index in [0.29, 0.717) is 6.10 Å². The average Bonchev–Trinajstić information content (AvgIpc) is 2.03. The smallest absolute Gasteiger partial charge is 0.0978 e. The van der Waals surface area contributed by atoms with Crippen molar-refractivity contribution in [1.29, 1.82) is 0 Å². The molecule has 0 spiro atoms. The molecule has 10 heavy (non-hydrogen) atoms. The fourth-order valence-electron chi connectivity index (χ4n) is 1.39. The van der Waals surface area contributed by atoms with Gasteiger partial charge in [0, 0.05) is 0 Å². The Hall–Kier alpha value is -0.460. The summed E-state index contributed by atoms with van der Waals surface area (Å²) in [5, 5.41) is 0. The third-order valence-electron chi connectivity index (χ3n) is 1.96. The Kier molecular flexibility index (Phi) is 3.34. The van der Waals surface area contributed by atoms with Crippen LogP contribution in [0, 0.1) is 0 Å². The number of hydrogen-bond donors (Lipinski definition) is 0. The fourth-order valence-corrected chi connectivity index (χ4v) is 1.39. The third-order valence-corrected chi connectivity index (χ3v) is 1.96. The fraction of sp³-hybridized carbons (Fsp3) is 0.778. The zero-order chi connectivity index (χ0) is 7.23. The first-order valence-corrected chi connectivity index (χ1v) is 4.20. The molecular formula is C9H16O. The minimum Gasteiger partial charge on any atom is -0.498 e. The summed E-state index contributed by atoms with van der Waals surface area (Å²) in [4.78, 5) is 0. The van der Waals surface area contributed by atoms with Gasteiger partial charge in [0.15, 0.2) is 0 Å². The Balaban J connectivity index is 2.13. The first-order chi connectivity index (χ1) is 4.93. The number of rotatable bonds is 2. The minimum absolute atomic E-state index is 0.518. The molecule has 0 bridgehead atoms. The van der Waals surface area contributed by atoms with Gasteiger partial charge in [0.1, 0.15) is 0 Å². The van der Waals surface area contributed by atoms with E-state index in [2.05, 4.69) is 0 Å². The van der Waals surface area contributed by atoms with Gasteiger partial charge < -0.3 is 4.74 Å². The second kappa shape index (κ2) is 4.37. The molecule has 0 amide bonds. The summed E-state index contributed by atoms with van der Waals surface area (Å²) >= 11 is 0. The van der Waals surface area contributed by atoms with E-state index >= 15 is 0 Å². The van der Waals surface area contributed by atoms with E-state index < -0.39 is 0 Å². The van der Waals surface area contributed by atoms with Crippen molar-refractivity contribution in [3.8, 4) is 0 Å². The summed E-state index contributed by atoms with van der Waals surface area (Å²) in [6.45, 7) is 1.99. The van der Waals surface area contributed by atoms with Crippen molar-refractivity contribution < 1.29 is 4.74 Å². The molecule has 1 rings (SSSR count). The third kappa shape index (κ3) is 2.42. The van der Waals surface area contributed by atoms with Crippen molar-refractivity contribution in [2.75, 3.05) is 0 Å². The molecule has 0 heterocycles. The second-order valence-corrected chi connectivity index (χ2v) is 2.87. The molecule has 0 saturated heterocycles. The van der Waals surface area contributed by atoms with Gasteiger partial charge in [-0.1, -0.05) is 12.5 Å². The van der Waals surface area contributed by atoms with Crippen LogP contribution in [0.3, 0.4) is 0 Å². The molecule has 1 aliphatic rings. The molecule has 0 atom stereocenters. The lowest BCUT2D eigenvalue weighted by molar-refractivity contribution is 0.106. The maximum Gasteiger partial charge on any atom is 0.0978 e. The van der Waals surface area contributed by atoms with E-state index in [1.54, 1.807) is 0 Å². The van der Waals surface area contributed by atoms with Crippen LogP contribution in [0.1, 0.15) is 39.0 Å². The van der Waals surface area contributed by atoms with Crippen LogP contribution in [-0.4, -0.2) is 6.10 Å². The lowest BCUT2D eigenvalue weighted by Crippen LogP contribution is -2.13. The molecule has 1 heteroatoms. The highest BCUT2D eigenvalue weighted by molar-refractivity contribution is 4.71. The van der Waals surface area contributed by atoms with E-state index in [-0.39, 0.29) is 0 Å². The number of allylic oxidation sites excluding steroid dienone is 1. The lowest BCUT2D eigenvalue weighted by atomic mass is 9.98. The highest BCUT2D eigenvalue weighted by Crippen LogP contribution is 2.20. The molecule has 0 N–H and O–H groups in total. The molecule has 1 fully saturated rings. The molecule has 1 saturated carbocycles. The molecular weight excluding hydrogens is 124 g/mol. The van der Waals surface area contributed by atoms with Crippen LogP contribution in [-0.2, 0) is 4.74 Å². The predicted molar refractivity (Wildman–Crippen MR) is 42.8 cm³/mol. The number of hydrogen-bond acceptors (Lipinski definition) is 1. The summed E-state index contributed by atoms with van der Waals surface area (Å²) in [5.74, 6) is 0. The Labute approximate surface area is 63.1 Å². The normalized spacial score (nSPS) is 21.7. The van der Waals surface area contributed by atoms with Crippen LogP contribution in [0.25, 0.3) is 0 Å². The predicted octanol–water partition coefficient (Wildman–Crippen LogP) is 2.87.